The van der Waals surface area contributed by atoms with Crippen molar-refractivity contribution >= 4 is 5.78 Å². The van der Waals surface area contributed by atoms with Gasteiger partial charge in [-0.05, 0) is 24.6 Å². The molecule has 0 unspecified atom stereocenters. The molecule has 0 aliphatic heterocycles. The molecule has 1 nitrogen and oxygen atoms in total. The fraction of sp³-hybridized carbons (Fsp3) is 0.300. The molecule has 0 aromatic carbocycles. The zero-order chi connectivity index (χ0) is 11.1. The van der Waals surface area contributed by atoms with Gasteiger partial charge in [-0.3, -0.25) is 4.79 Å². The van der Waals surface area contributed by atoms with Crippen LogP contribution < -0.4 is 0 Å². The molecule has 0 aliphatic carbocycles. The lowest BCUT2D eigenvalue weighted by atomic mass is 10.1. The molecule has 78 valence electrons. The molecule has 0 radical (unpaired) electrons. The van der Waals surface area contributed by atoms with Crippen LogP contribution >= 0.6 is 0 Å². The number of hydrogen-bond acceptors (Lipinski definition) is 1. The van der Waals surface area contributed by atoms with Gasteiger partial charge in [0.05, 0.1) is 0 Å². The molecule has 0 aromatic heterocycles. The summed E-state index contributed by atoms with van der Waals surface area (Å²) in [5.74, 6) is -2.26. The van der Waals surface area contributed by atoms with E-state index in [1.807, 2.05) is 0 Å². The first-order valence-corrected chi connectivity index (χ1v) is 3.93. The second-order valence-corrected chi connectivity index (χ2v) is 2.68. The second kappa shape index (κ2) is 6.18. The van der Waals surface area contributed by atoms with Crippen molar-refractivity contribution in [3.8, 4) is 0 Å². The smallest absolute Gasteiger partial charge is 0.141 e. The molecule has 0 amide bonds. The van der Waals surface area contributed by atoms with Gasteiger partial charge in [-0.15, -0.1) is 0 Å². The molecule has 0 fully saturated rings. The van der Waals surface area contributed by atoms with Crippen molar-refractivity contribution in [3.63, 3.8) is 0 Å². The van der Waals surface area contributed by atoms with Crippen LogP contribution in [0.25, 0.3) is 0 Å². The van der Waals surface area contributed by atoms with E-state index in [2.05, 4.69) is 6.58 Å². The van der Waals surface area contributed by atoms with Gasteiger partial charge in [0.1, 0.15) is 24.1 Å². The molecular weight excluding hydrogens is 193 g/mol. The molecule has 0 N–H and O–H groups in total. The minimum Gasteiger partial charge on any atom is -0.300 e. The molecule has 4 heteroatoms. The molecule has 0 saturated carbocycles. The molecule has 0 saturated heterocycles. The van der Waals surface area contributed by atoms with Crippen molar-refractivity contribution < 1.29 is 18.0 Å². The zero-order valence-corrected chi connectivity index (χ0v) is 7.82. The molecule has 0 aromatic rings. The maximum absolute atomic E-state index is 12.9. The van der Waals surface area contributed by atoms with E-state index < -0.39 is 18.3 Å². The average Bonchev–Trinajstić information content (AvgIpc) is 2.14. The molecule has 0 rings (SSSR count). The summed E-state index contributed by atoms with van der Waals surface area (Å²) in [5, 5.41) is 0. The van der Waals surface area contributed by atoms with Crippen molar-refractivity contribution in [2.24, 2.45) is 0 Å². The fourth-order valence-corrected chi connectivity index (χ4v) is 0.831. The fourth-order valence-electron chi connectivity index (χ4n) is 0.831. The predicted octanol–water partition coefficient (Wildman–Crippen LogP) is 3.20. The highest BCUT2D eigenvalue weighted by Gasteiger charge is 2.06. The van der Waals surface area contributed by atoms with Gasteiger partial charge in [0.15, 0.2) is 0 Å². The van der Waals surface area contributed by atoms with E-state index in [4.69, 9.17) is 0 Å². The maximum atomic E-state index is 12.9. The second-order valence-electron chi connectivity index (χ2n) is 2.68. The standard InChI is InChI=1S/C10H11F3O/c1-3-10(13)8(4-7(2)14)5-9(12)6-11/h3,5H,1,4,6H2,2H3/b9-5+,10-8+. The van der Waals surface area contributed by atoms with E-state index in [1.165, 1.54) is 6.92 Å². The lowest BCUT2D eigenvalue weighted by molar-refractivity contribution is -0.116. The molecule has 0 spiro atoms. The Hall–Kier alpha value is -1.32. The number of hydrogen-bond donors (Lipinski definition) is 0. The van der Waals surface area contributed by atoms with E-state index in [9.17, 15) is 18.0 Å². The van der Waals surface area contributed by atoms with E-state index in [0.717, 1.165) is 6.08 Å². The Morgan fingerprint density at radius 3 is 2.36 bits per heavy atom. The molecule has 14 heavy (non-hydrogen) atoms. The van der Waals surface area contributed by atoms with Gasteiger partial charge in [0.25, 0.3) is 0 Å². The van der Waals surface area contributed by atoms with Gasteiger partial charge >= 0.3 is 0 Å². The SMILES string of the molecule is C=C/C(F)=C(\C=C(\F)CF)CC(C)=O. The third-order valence-corrected chi connectivity index (χ3v) is 1.38. The van der Waals surface area contributed by atoms with Gasteiger partial charge in [0, 0.05) is 6.42 Å². The molecule has 0 aliphatic rings. The van der Waals surface area contributed by atoms with Crippen LogP contribution in [-0.4, -0.2) is 12.5 Å². The van der Waals surface area contributed by atoms with Crippen molar-refractivity contribution in [2.45, 2.75) is 13.3 Å². The summed E-state index contributed by atoms with van der Waals surface area (Å²) in [6.45, 7) is 3.05. The van der Waals surface area contributed by atoms with Crippen LogP contribution in [0.5, 0.6) is 0 Å². The van der Waals surface area contributed by atoms with Crippen LogP contribution in [0.15, 0.2) is 36.0 Å². The van der Waals surface area contributed by atoms with Crippen molar-refractivity contribution in [1.82, 2.24) is 0 Å². The number of carbonyl (C=O) groups excluding carboxylic acids is 1. The molecule has 0 bridgehead atoms. The highest BCUT2D eigenvalue weighted by atomic mass is 19.2. The topological polar surface area (TPSA) is 17.1 Å². The first-order chi connectivity index (χ1) is 6.51. The van der Waals surface area contributed by atoms with Crippen LogP contribution in [0.3, 0.4) is 0 Å². The lowest BCUT2D eigenvalue weighted by Gasteiger charge is -1.99. The highest BCUT2D eigenvalue weighted by Crippen LogP contribution is 2.16. The summed E-state index contributed by atoms with van der Waals surface area (Å²) in [6, 6.07) is 0. The number of Topliss-reactive ketones (excluding diaryl/α,β-unsaturated/α-hetero) is 1. The molecule has 0 atom stereocenters. The monoisotopic (exact) mass is 204 g/mol. The lowest BCUT2D eigenvalue weighted by Crippen LogP contribution is -1.94. The van der Waals surface area contributed by atoms with Crippen LogP contribution in [-0.2, 0) is 4.79 Å². The predicted molar refractivity (Wildman–Crippen MR) is 48.8 cm³/mol. The summed E-state index contributed by atoms with van der Waals surface area (Å²) in [5.41, 5.74) is -0.192. The van der Waals surface area contributed by atoms with Crippen LogP contribution in [0.1, 0.15) is 13.3 Å². The third kappa shape index (κ3) is 4.64. The van der Waals surface area contributed by atoms with Crippen LogP contribution in [0.4, 0.5) is 13.2 Å². The summed E-state index contributed by atoms with van der Waals surface area (Å²) < 4.78 is 37.2. The minimum atomic E-state index is -1.31. The van der Waals surface area contributed by atoms with Crippen molar-refractivity contribution in [1.29, 1.82) is 0 Å². The number of allylic oxidation sites excluding steroid dienone is 5. The average molecular weight is 204 g/mol. The molecular formula is C10H11F3O. The third-order valence-electron chi connectivity index (χ3n) is 1.38. The van der Waals surface area contributed by atoms with E-state index in [-0.39, 0.29) is 17.8 Å². The maximum Gasteiger partial charge on any atom is 0.141 e. The number of rotatable bonds is 5. The number of ketones is 1. The highest BCUT2D eigenvalue weighted by molar-refractivity contribution is 5.79. The quantitative estimate of drug-likeness (QED) is 0.628. The Bertz CT molecular complexity index is 290. The minimum absolute atomic E-state index is 0.192. The molecule has 0 heterocycles. The van der Waals surface area contributed by atoms with Gasteiger partial charge in [-0.2, -0.15) is 0 Å². The van der Waals surface area contributed by atoms with Gasteiger partial charge in [-0.1, -0.05) is 6.58 Å². The van der Waals surface area contributed by atoms with Crippen LogP contribution in [0, 0.1) is 0 Å². The van der Waals surface area contributed by atoms with Gasteiger partial charge in [0.2, 0.25) is 0 Å². The van der Waals surface area contributed by atoms with E-state index >= 15 is 0 Å². The van der Waals surface area contributed by atoms with Gasteiger partial charge < -0.3 is 0 Å². The Kier molecular flexibility index (Phi) is 5.60. The Balaban J connectivity index is 4.92. The van der Waals surface area contributed by atoms with E-state index in [1.54, 1.807) is 0 Å². The zero-order valence-electron chi connectivity index (χ0n) is 7.82. The van der Waals surface area contributed by atoms with Crippen molar-refractivity contribution in [2.75, 3.05) is 6.67 Å². The Labute approximate surface area is 80.6 Å². The normalized spacial score (nSPS) is 13.6. The number of halogens is 3. The summed E-state index contributed by atoms with van der Waals surface area (Å²) >= 11 is 0. The van der Waals surface area contributed by atoms with Gasteiger partial charge in [-0.25, -0.2) is 13.2 Å². The number of alkyl halides is 1. The van der Waals surface area contributed by atoms with Crippen molar-refractivity contribution in [3.05, 3.63) is 36.0 Å². The Morgan fingerprint density at radius 1 is 1.43 bits per heavy atom. The summed E-state index contributed by atoms with van der Waals surface area (Å²) in [6.07, 6.45) is 1.25. The summed E-state index contributed by atoms with van der Waals surface area (Å²) in [7, 11) is 0. The first kappa shape index (κ1) is 12.7. The first-order valence-electron chi connectivity index (χ1n) is 3.93. The Morgan fingerprint density at radius 2 is 2.00 bits per heavy atom. The largest absolute Gasteiger partial charge is 0.300 e. The van der Waals surface area contributed by atoms with E-state index in [0.29, 0.717) is 6.08 Å². The summed E-state index contributed by atoms with van der Waals surface area (Å²) in [4.78, 5) is 10.7. The van der Waals surface area contributed by atoms with Crippen LogP contribution in [0.2, 0.25) is 0 Å². The number of carbonyl (C=O) groups is 1.